The standard InChI is InChI=1S/C23H32BrF3N2O2.ClH/c1-31-20-6-7-21(24)18(15-20)14-17-9-12-29(13-10-17)11-8-16-2-4-19(5-3-16)28-22(30)23(25,26)27;/h6-7,15-17,19H,2-5,8-14H2,1H3,(H,28,30);1H. The first kappa shape index (κ1) is 27.3. The molecular formula is C23H33BrClF3N2O2. The van der Waals surface area contributed by atoms with Crippen LogP contribution in [0.1, 0.15) is 50.5 Å². The molecule has 0 atom stereocenters. The second kappa shape index (κ2) is 12.5. The van der Waals surface area contributed by atoms with Crippen LogP contribution in [-0.2, 0) is 11.2 Å². The molecule has 1 amide bonds. The summed E-state index contributed by atoms with van der Waals surface area (Å²) >= 11 is 3.65. The molecule has 2 fully saturated rings. The molecule has 0 unspecified atom stereocenters. The van der Waals surface area contributed by atoms with Gasteiger partial charge in [-0.15, -0.1) is 12.4 Å². The van der Waals surface area contributed by atoms with Crippen LogP contribution in [0.3, 0.4) is 0 Å². The van der Waals surface area contributed by atoms with E-state index in [1.54, 1.807) is 7.11 Å². The fourth-order valence-corrected chi connectivity index (χ4v) is 5.20. The quantitative estimate of drug-likeness (QED) is 0.477. The van der Waals surface area contributed by atoms with Crippen molar-refractivity contribution in [3.63, 3.8) is 0 Å². The molecule has 1 aromatic carbocycles. The Balaban J connectivity index is 0.00000363. The van der Waals surface area contributed by atoms with Crippen LogP contribution in [0.25, 0.3) is 0 Å². The molecular weight excluding hydrogens is 509 g/mol. The Bertz CT molecular complexity index is 734. The summed E-state index contributed by atoms with van der Waals surface area (Å²) in [6.07, 6.45) is 2.79. The van der Waals surface area contributed by atoms with E-state index in [0.717, 1.165) is 55.5 Å². The number of alkyl halides is 3. The van der Waals surface area contributed by atoms with E-state index in [2.05, 4.69) is 32.2 Å². The van der Waals surface area contributed by atoms with E-state index >= 15 is 0 Å². The number of amides is 1. The molecule has 0 aromatic heterocycles. The van der Waals surface area contributed by atoms with Gasteiger partial charge in [-0.25, -0.2) is 0 Å². The predicted octanol–water partition coefficient (Wildman–Crippen LogP) is 5.76. The minimum Gasteiger partial charge on any atom is -0.497 e. The number of piperidine rings is 1. The van der Waals surface area contributed by atoms with Crippen molar-refractivity contribution < 1.29 is 22.7 Å². The summed E-state index contributed by atoms with van der Waals surface area (Å²) in [5.41, 5.74) is 1.30. The highest BCUT2D eigenvalue weighted by atomic mass is 79.9. The Labute approximate surface area is 203 Å². The summed E-state index contributed by atoms with van der Waals surface area (Å²) in [6.45, 7) is 3.26. The van der Waals surface area contributed by atoms with E-state index < -0.39 is 12.1 Å². The zero-order valence-corrected chi connectivity index (χ0v) is 20.8. The molecule has 4 nitrogen and oxygen atoms in total. The van der Waals surface area contributed by atoms with E-state index in [9.17, 15) is 18.0 Å². The van der Waals surface area contributed by atoms with Gasteiger partial charge in [-0.2, -0.15) is 13.2 Å². The van der Waals surface area contributed by atoms with Gasteiger partial charge in [-0.3, -0.25) is 4.79 Å². The van der Waals surface area contributed by atoms with Crippen molar-refractivity contribution in [1.82, 2.24) is 10.2 Å². The van der Waals surface area contributed by atoms with Crippen LogP contribution in [0.15, 0.2) is 22.7 Å². The molecule has 1 N–H and O–H groups in total. The number of benzene rings is 1. The zero-order chi connectivity index (χ0) is 22.4. The number of methoxy groups -OCH3 is 1. The molecule has 1 saturated heterocycles. The lowest BCUT2D eigenvalue weighted by atomic mass is 9.83. The molecule has 1 aliphatic carbocycles. The Morgan fingerprint density at radius 3 is 2.38 bits per heavy atom. The molecule has 0 spiro atoms. The summed E-state index contributed by atoms with van der Waals surface area (Å²) in [4.78, 5) is 13.6. The van der Waals surface area contributed by atoms with Crippen LogP contribution >= 0.6 is 28.3 Å². The first-order valence-corrected chi connectivity index (χ1v) is 12.0. The lowest BCUT2D eigenvalue weighted by molar-refractivity contribution is -0.174. The molecule has 0 bridgehead atoms. The monoisotopic (exact) mass is 540 g/mol. The van der Waals surface area contributed by atoms with Gasteiger partial charge in [-0.1, -0.05) is 15.9 Å². The third-order valence-electron chi connectivity index (χ3n) is 6.76. The van der Waals surface area contributed by atoms with Gasteiger partial charge in [0.05, 0.1) is 7.11 Å². The number of ether oxygens (including phenoxy) is 1. The number of carbonyl (C=O) groups excluding carboxylic acids is 1. The van der Waals surface area contributed by atoms with Gasteiger partial charge < -0.3 is 15.0 Å². The van der Waals surface area contributed by atoms with E-state index in [4.69, 9.17) is 4.74 Å². The van der Waals surface area contributed by atoms with Crippen molar-refractivity contribution in [2.75, 3.05) is 26.7 Å². The predicted molar refractivity (Wildman–Crippen MR) is 125 cm³/mol. The van der Waals surface area contributed by atoms with Crippen molar-refractivity contribution in [3.05, 3.63) is 28.2 Å². The smallest absolute Gasteiger partial charge is 0.471 e. The molecule has 2 aliphatic rings. The van der Waals surface area contributed by atoms with Gasteiger partial charge in [0.2, 0.25) is 0 Å². The van der Waals surface area contributed by atoms with Gasteiger partial charge in [0, 0.05) is 10.5 Å². The molecule has 1 aromatic rings. The molecule has 1 saturated carbocycles. The van der Waals surface area contributed by atoms with E-state index in [-0.39, 0.29) is 18.4 Å². The summed E-state index contributed by atoms with van der Waals surface area (Å²) in [5.74, 6) is 0.306. The van der Waals surface area contributed by atoms with Crippen molar-refractivity contribution in [1.29, 1.82) is 0 Å². The first-order chi connectivity index (χ1) is 14.7. The summed E-state index contributed by atoms with van der Waals surface area (Å²) in [7, 11) is 1.69. The summed E-state index contributed by atoms with van der Waals surface area (Å²) in [6, 6.07) is 5.79. The van der Waals surface area contributed by atoms with Crippen LogP contribution in [0.2, 0.25) is 0 Å². The van der Waals surface area contributed by atoms with E-state index in [1.807, 2.05) is 12.1 Å². The van der Waals surface area contributed by atoms with Crippen LogP contribution in [0.5, 0.6) is 5.75 Å². The van der Waals surface area contributed by atoms with Crippen molar-refractivity contribution in [2.45, 2.75) is 63.6 Å². The number of rotatable bonds is 7. The van der Waals surface area contributed by atoms with Gasteiger partial charge in [-0.05, 0) is 107 Å². The number of nitrogens with zero attached hydrogens (tertiary/aromatic N) is 1. The lowest BCUT2D eigenvalue weighted by Crippen LogP contribution is -2.44. The fraction of sp³-hybridized carbons (Fsp3) is 0.696. The van der Waals surface area contributed by atoms with Crippen LogP contribution in [0.4, 0.5) is 13.2 Å². The van der Waals surface area contributed by atoms with Gasteiger partial charge in [0.1, 0.15) is 5.75 Å². The zero-order valence-electron chi connectivity index (χ0n) is 18.4. The Morgan fingerprint density at radius 2 is 1.78 bits per heavy atom. The topological polar surface area (TPSA) is 41.6 Å². The molecule has 1 aliphatic heterocycles. The largest absolute Gasteiger partial charge is 0.497 e. The highest BCUT2D eigenvalue weighted by molar-refractivity contribution is 9.10. The van der Waals surface area contributed by atoms with E-state index in [1.165, 1.54) is 18.4 Å². The number of hydrogen-bond donors (Lipinski definition) is 1. The Kier molecular flexibility index (Phi) is 10.6. The number of likely N-dealkylation sites (tertiary alicyclic amines) is 1. The van der Waals surface area contributed by atoms with Crippen LogP contribution in [-0.4, -0.2) is 49.8 Å². The Hall–Kier alpha value is -0.990. The highest BCUT2D eigenvalue weighted by Crippen LogP contribution is 2.31. The maximum Gasteiger partial charge on any atom is 0.471 e. The maximum absolute atomic E-state index is 12.4. The summed E-state index contributed by atoms with van der Waals surface area (Å²) in [5, 5.41) is 2.14. The van der Waals surface area contributed by atoms with Gasteiger partial charge in [0.15, 0.2) is 0 Å². The average molecular weight is 542 g/mol. The minimum atomic E-state index is -4.79. The highest BCUT2D eigenvalue weighted by Gasteiger charge is 2.40. The second-order valence-electron chi connectivity index (χ2n) is 8.92. The number of halogens is 5. The van der Waals surface area contributed by atoms with Crippen molar-refractivity contribution >= 4 is 34.2 Å². The van der Waals surface area contributed by atoms with Crippen molar-refractivity contribution in [3.8, 4) is 5.75 Å². The normalized spacial score (nSPS) is 22.8. The number of nitrogens with one attached hydrogen (secondary N) is 1. The third-order valence-corrected chi connectivity index (χ3v) is 7.54. The van der Waals surface area contributed by atoms with Gasteiger partial charge >= 0.3 is 12.1 Å². The number of hydrogen-bond acceptors (Lipinski definition) is 3. The average Bonchev–Trinajstić information content (AvgIpc) is 2.75. The molecule has 3 rings (SSSR count). The molecule has 32 heavy (non-hydrogen) atoms. The minimum absolute atomic E-state index is 0. The second-order valence-corrected chi connectivity index (χ2v) is 9.78. The SMILES string of the molecule is COc1ccc(Br)c(CC2CCN(CCC3CCC(NC(=O)C(F)(F)F)CC3)CC2)c1.Cl. The maximum atomic E-state index is 12.4. The lowest BCUT2D eigenvalue weighted by Gasteiger charge is -2.34. The molecule has 9 heteroatoms. The third kappa shape index (κ3) is 8.10. The molecule has 182 valence electrons. The van der Waals surface area contributed by atoms with Crippen LogP contribution in [0, 0.1) is 11.8 Å². The number of carbonyl (C=O) groups is 1. The summed E-state index contributed by atoms with van der Waals surface area (Å²) < 4.78 is 43.6. The first-order valence-electron chi connectivity index (χ1n) is 11.2. The fourth-order valence-electron chi connectivity index (χ4n) is 4.79. The van der Waals surface area contributed by atoms with Crippen LogP contribution < -0.4 is 10.1 Å². The van der Waals surface area contributed by atoms with Crippen molar-refractivity contribution in [2.24, 2.45) is 11.8 Å². The van der Waals surface area contributed by atoms with E-state index in [0.29, 0.717) is 24.7 Å². The molecule has 0 radical (unpaired) electrons. The van der Waals surface area contributed by atoms with Gasteiger partial charge in [0.25, 0.3) is 0 Å². The Morgan fingerprint density at radius 1 is 1.12 bits per heavy atom. The molecule has 1 heterocycles.